The number of thiophene rings is 1. The zero-order valence-electron chi connectivity index (χ0n) is 9.82. The summed E-state index contributed by atoms with van der Waals surface area (Å²) in [5.74, 6) is 0. The quantitative estimate of drug-likeness (QED) is 0.840. The van der Waals surface area contributed by atoms with Crippen molar-refractivity contribution in [3.63, 3.8) is 0 Å². The van der Waals surface area contributed by atoms with Crippen LogP contribution in [0.15, 0.2) is 46.3 Å². The Bertz CT molecular complexity index is 452. The Kier molecular flexibility index (Phi) is 4.77. The van der Waals surface area contributed by atoms with Crippen LogP contribution in [0.1, 0.15) is 29.8 Å². The van der Waals surface area contributed by atoms with E-state index < -0.39 is 0 Å². The van der Waals surface area contributed by atoms with Crippen molar-refractivity contribution in [1.82, 2.24) is 5.32 Å². The second-order valence-corrected chi connectivity index (χ2v) is 5.80. The molecule has 2 aromatic rings. The average molecular weight is 310 g/mol. The molecule has 1 heterocycles. The molecule has 1 atom stereocenters. The maximum absolute atomic E-state index is 3.61. The minimum Gasteiger partial charge on any atom is -0.305 e. The van der Waals surface area contributed by atoms with Gasteiger partial charge in [0, 0.05) is 21.9 Å². The lowest BCUT2D eigenvalue weighted by Crippen LogP contribution is -2.19. The van der Waals surface area contributed by atoms with Gasteiger partial charge in [-0.1, -0.05) is 37.3 Å². The van der Waals surface area contributed by atoms with Gasteiger partial charge in [0.05, 0.1) is 0 Å². The fourth-order valence-corrected chi connectivity index (χ4v) is 3.29. The Balaban J connectivity index is 1.99. The lowest BCUT2D eigenvalue weighted by atomic mass is 10.0. The lowest BCUT2D eigenvalue weighted by Gasteiger charge is -2.17. The molecule has 1 N–H and O–H groups in total. The Morgan fingerprint density at radius 1 is 1.24 bits per heavy atom. The summed E-state index contributed by atoms with van der Waals surface area (Å²) in [4.78, 5) is 1.36. The first-order chi connectivity index (χ1) is 8.31. The Morgan fingerprint density at radius 2 is 2.00 bits per heavy atom. The number of benzene rings is 1. The highest BCUT2D eigenvalue weighted by atomic mass is 79.9. The van der Waals surface area contributed by atoms with Crippen LogP contribution < -0.4 is 5.32 Å². The maximum atomic E-state index is 3.61. The fourth-order valence-electron chi connectivity index (χ4n) is 1.85. The maximum Gasteiger partial charge on any atom is 0.0327 e. The van der Waals surface area contributed by atoms with Gasteiger partial charge in [-0.05, 0) is 39.4 Å². The summed E-state index contributed by atoms with van der Waals surface area (Å²) in [6, 6.07) is 13.2. The summed E-state index contributed by atoms with van der Waals surface area (Å²) in [6.07, 6.45) is 1.10. The Hall–Kier alpha value is -0.640. The molecular formula is C14H16BrNS. The Morgan fingerprint density at radius 3 is 2.59 bits per heavy atom. The van der Waals surface area contributed by atoms with Crippen molar-refractivity contribution in [3.05, 3.63) is 56.7 Å². The van der Waals surface area contributed by atoms with Crippen LogP contribution in [0.2, 0.25) is 0 Å². The molecule has 1 aromatic heterocycles. The molecule has 0 radical (unpaired) electrons. The zero-order chi connectivity index (χ0) is 12.1. The monoisotopic (exact) mass is 309 g/mol. The normalized spacial score (nSPS) is 12.6. The zero-order valence-corrected chi connectivity index (χ0v) is 12.2. The van der Waals surface area contributed by atoms with Crippen LogP contribution in [0, 0.1) is 0 Å². The van der Waals surface area contributed by atoms with Crippen LogP contribution in [0.4, 0.5) is 0 Å². The minimum absolute atomic E-state index is 0.435. The number of hydrogen-bond acceptors (Lipinski definition) is 2. The predicted octanol–water partition coefficient (Wildman–Crippen LogP) is 4.75. The van der Waals surface area contributed by atoms with Crippen LogP contribution in [0.25, 0.3) is 0 Å². The van der Waals surface area contributed by atoms with E-state index >= 15 is 0 Å². The van der Waals surface area contributed by atoms with Crippen LogP contribution in [0.3, 0.4) is 0 Å². The van der Waals surface area contributed by atoms with E-state index in [1.54, 1.807) is 11.3 Å². The molecule has 1 aromatic carbocycles. The summed E-state index contributed by atoms with van der Waals surface area (Å²) in [6.45, 7) is 3.14. The highest BCUT2D eigenvalue weighted by molar-refractivity contribution is 9.10. The van der Waals surface area contributed by atoms with E-state index in [0.717, 1.165) is 13.0 Å². The highest BCUT2D eigenvalue weighted by Gasteiger charge is 2.09. The van der Waals surface area contributed by atoms with E-state index in [0.29, 0.717) is 6.04 Å². The average Bonchev–Trinajstić information content (AvgIpc) is 2.77. The van der Waals surface area contributed by atoms with Gasteiger partial charge in [0.2, 0.25) is 0 Å². The molecule has 2 rings (SSSR count). The van der Waals surface area contributed by atoms with Crippen LogP contribution in [-0.4, -0.2) is 0 Å². The molecule has 0 saturated carbocycles. The van der Waals surface area contributed by atoms with Crippen LogP contribution in [0.5, 0.6) is 0 Å². The largest absolute Gasteiger partial charge is 0.305 e. The molecule has 0 aliphatic heterocycles. The summed E-state index contributed by atoms with van der Waals surface area (Å²) < 4.78 is 1.21. The molecule has 1 nitrogen and oxygen atoms in total. The van der Waals surface area contributed by atoms with Crippen molar-refractivity contribution in [3.8, 4) is 0 Å². The van der Waals surface area contributed by atoms with E-state index in [9.17, 15) is 0 Å². The molecule has 17 heavy (non-hydrogen) atoms. The van der Waals surface area contributed by atoms with Crippen LogP contribution >= 0.6 is 27.3 Å². The van der Waals surface area contributed by atoms with Gasteiger partial charge in [-0.25, -0.2) is 0 Å². The van der Waals surface area contributed by atoms with Gasteiger partial charge in [-0.2, -0.15) is 0 Å². The molecule has 3 heteroatoms. The molecule has 0 saturated heterocycles. The standard InChI is InChI=1S/C14H16BrNS/c1-2-13(11-6-4-3-5-7-11)16-10-14-12(15)8-9-17-14/h3-9,13,16H,2,10H2,1H3. The molecule has 1 unspecified atom stereocenters. The predicted molar refractivity (Wildman–Crippen MR) is 78.3 cm³/mol. The fraction of sp³-hybridized carbons (Fsp3) is 0.286. The van der Waals surface area contributed by atoms with Gasteiger partial charge >= 0.3 is 0 Å². The third-order valence-corrected chi connectivity index (χ3v) is 4.74. The van der Waals surface area contributed by atoms with E-state index in [1.165, 1.54) is 14.9 Å². The first-order valence-corrected chi connectivity index (χ1v) is 7.48. The second-order valence-electron chi connectivity index (χ2n) is 3.94. The van der Waals surface area contributed by atoms with Crippen molar-refractivity contribution in [2.24, 2.45) is 0 Å². The molecular weight excluding hydrogens is 294 g/mol. The second kappa shape index (κ2) is 6.34. The highest BCUT2D eigenvalue weighted by Crippen LogP contribution is 2.24. The first-order valence-electron chi connectivity index (χ1n) is 5.81. The van der Waals surface area contributed by atoms with Gasteiger partial charge in [-0.15, -0.1) is 11.3 Å². The van der Waals surface area contributed by atoms with E-state index in [-0.39, 0.29) is 0 Å². The lowest BCUT2D eigenvalue weighted by molar-refractivity contribution is 0.521. The van der Waals surface area contributed by atoms with Crippen molar-refractivity contribution < 1.29 is 0 Å². The van der Waals surface area contributed by atoms with Gasteiger partial charge in [0.15, 0.2) is 0 Å². The van der Waals surface area contributed by atoms with Gasteiger partial charge in [-0.3, -0.25) is 0 Å². The van der Waals surface area contributed by atoms with E-state index in [2.05, 4.69) is 69.9 Å². The molecule has 0 bridgehead atoms. The van der Waals surface area contributed by atoms with Crippen molar-refractivity contribution in [2.45, 2.75) is 25.9 Å². The summed E-state index contributed by atoms with van der Waals surface area (Å²) in [5, 5.41) is 5.72. The van der Waals surface area contributed by atoms with E-state index in [4.69, 9.17) is 0 Å². The summed E-state index contributed by atoms with van der Waals surface area (Å²) in [5.41, 5.74) is 1.36. The SMILES string of the molecule is CCC(NCc1sccc1Br)c1ccccc1. The van der Waals surface area contributed by atoms with Crippen molar-refractivity contribution >= 4 is 27.3 Å². The van der Waals surface area contributed by atoms with E-state index in [1.807, 2.05) is 0 Å². The summed E-state index contributed by atoms with van der Waals surface area (Å²) >= 11 is 5.35. The Labute approximate surface area is 115 Å². The molecule has 0 spiro atoms. The number of hydrogen-bond donors (Lipinski definition) is 1. The topological polar surface area (TPSA) is 12.0 Å². The number of rotatable bonds is 5. The third kappa shape index (κ3) is 3.41. The number of nitrogens with one attached hydrogen (secondary N) is 1. The molecule has 0 aliphatic rings. The van der Waals surface area contributed by atoms with Crippen molar-refractivity contribution in [2.75, 3.05) is 0 Å². The first kappa shape index (κ1) is 12.8. The molecule has 0 aliphatic carbocycles. The minimum atomic E-state index is 0.435. The van der Waals surface area contributed by atoms with Gasteiger partial charge in [0.25, 0.3) is 0 Å². The van der Waals surface area contributed by atoms with Gasteiger partial charge in [0.1, 0.15) is 0 Å². The summed E-state index contributed by atoms with van der Waals surface area (Å²) in [7, 11) is 0. The molecule has 0 amide bonds. The third-order valence-electron chi connectivity index (χ3n) is 2.81. The molecule has 90 valence electrons. The smallest absolute Gasteiger partial charge is 0.0327 e. The number of halogens is 1. The van der Waals surface area contributed by atoms with Crippen LogP contribution in [-0.2, 0) is 6.54 Å². The van der Waals surface area contributed by atoms with Crippen molar-refractivity contribution in [1.29, 1.82) is 0 Å². The van der Waals surface area contributed by atoms with Gasteiger partial charge < -0.3 is 5.32 Å². The molecule has 0 fully saturated rings.